The molecule has 0 spiro atoms. The first-order chi connectivity index (χ1) is 11.8. The molecule has 6 heteroatoms. The van der Waals surface area contributed by atoms with Gasteiger partial charge in [-0.2, -0.15) is 4.98 Å². The minimum atomic E-state index is 0.165. The van der Waals surface area contributed by atoms with Crippen LogP contribution in [0.2, 0.25) is 0 Å². The maximum atomic E-state index is 12.2. The summed E-state index contributed by atoms with van der Waals surface area (Å²) in [5.41, 5.74) is 0.844. The fourth-order valence-corrected chi connectivity index (χ4v) is 3.64. The van der Waals surface area contributed by atoms with Crippen molar-refractivity contribution in [1.29, 1.82) is 0 Å². The van der Waals surface area contributed by atoms with Crippen molar-refractivity contribution >= 4 is 5.91 Å². The zero-order valence-corrected chi connectivity index (χ0v) is 13.7. The van der Waals surface area contributed by atoms with E-state index in [1.165, 1.54) is 25.7 Å². The first-order valence-corrected chi connectivity index (χ1v) is 8.81. The Balaban J connectivity index is 1.28. The van der Waals surface area contributed by atoms with E-state index >= 15 is 0 Å². The van der Waals surface area contributed by atoms with Crippen LogP contribution in [0.5, 0.6) is 0 Å². The lowest BCUT2D eigenvalue weighted by Gasteiger charge is -2.37. The van der Waals surface area contributed by atoms with Crippen molar-refractivity contribution < 1.29 is 9.32 Å². The second kappa shape index (κ2) is 6.71. The Bertz CT molecular complexity index is 688. The van der Waals surface area contributed by atoms with Crippen molar-refractivity contribution in [3.05, 3.63) is 30.4 Å². The number of aromatic nitrogens is 3. The first kappa shape index (κ1) is 15.3. The predicted octanol–water partition coefficient (Wildman–Crippen LogP) is 3.03. The van der Waals surface area contributed by atoms with Crippen LogP contribution in [0.3, 0.4) is 0 Å². The zero-order valence-electron chi connectivity index (χ0n) is 13.7. The Hall–Kier alpha value is -2.24. The molecule has 2 aromatic heterocycles. The van der Waals surface area contributed by atoms with Gasteiger partial charge in [0.1, 0.15) is 0 Å². The maximum absolute atomic E-state index is 12.2. The highest BCUT2D eigenvalue weighted by Crippen LogP contribution is 2.31. The molecule has 1 aliphatic heterocycles. The molecular weight excluding hydrogens is 304 g/mol. The van der Waals surface area contributed by atoms with Crippen molar-refractivity contribution in [2.45, 2.75) is 44.4 Å². The molecule has 1 saturated carbocycles. The number of carbonyl (C=O) groups excluding carboxylic acids is 1. The highest BCUT2D eigenvalue weighted by Gasteiger charge is 2.35. The number of carbonyl (C=O) groups is 1. The van der Waals surface area contributed by atoms with Gasteiger partial charge in [-0.15, -0.1) is 0 Å². The first-order valence-electron chi connectivity index (χ1n) is 8.81. The molecule has 2 aliphatic rings. The molecule has 0 unspecified atom stereocenters. The third-order valence-corrected chi connectivity index (χ3v) is 5.19. The molecule has 2 aromatic rings. The van der Waals surface area contributed by atoms with Gasteiger partial charge in [-0.25, -0.2) is 0 Å². The van der Waals surface area contributed by atoms with Crippen LogP contribution in [0.4, 0.5) is 0 Å². The number of amides is 1. The Morgan fingerprint density at radius 3 is 2.88 bits per heavy atom. The molecule has 0 aromatic carbocycles. The number of hydrogen-bond donors (Lipinski definition) is 0. The molecule has 0 N–H and O–H groups in total. The van der Waals surface area contributed by atoms with Crippen LogP contribution < -0.4 is 0 Å². The Kier molecular flexibility index (Phi) is 4.28. The largest absolute Gasteiger partial charge is 0.341 e. The molecule has 3 heterocycles. The number of pyridine rings is 1. The van der Waals surface area contributed by atoms with Gasteiger partial charge >= 0.3 is 0 Å². The molecule has 0 atom stereocenters. The van der Waals surface area contributed by atoms with E-state index in [2.05, 4.69) is 15.1 Å². The molecule has 0 radical (unpaired) electrons. The van der Waals surface area contributed by atoms with Gasteiger partial charge in [-0.05, 0) is 24.5 Å². The van der Waals surface area contributed by atoms with Crippen molar-refractivity contribution in [2.75, 3.05) is 13.1 Å². The van der Waals surface area contributed by atoms with Crippen molar-refractivity contribution in [2.24, 2.45) is 5.92 Å². The average Bonchev–Trinajstić information content (AvgIpc) is 3.24. The van der Waals surface area contributed by atoms with E-state index in [4.69, 9.17) is 4.52 Å². The summed E-state index contributed by atoms with van der Waals surface area (Å²) in [5.74, 6) is 2.38. The number of likely N-dealkylation sites (tertiary alicyclic amines) is 1. The average molecular weight is 326 g/mol. The Morgan fingerprint density at radius 2 is 2.12 bits per heavy atom. The van der Waals surface area contributed by atoms with E-state index in [1.807, 2.05) is 17.0 Å². The van der Waals surface area contributed by atoms with Crippen LogP contribution in [-0.2, 0) is 4.79 Å². The van der Waals surface area contributed by atoms with E-state index in [9.17, 15) is 4.79 Å². The number of hydrogen-bond acceptors (Lipinski definition) is 5. The normalized spacial score (nSPS) is 18.8. The third-order valence-electron chi connectivity index (χ3n) is 5.19. The van der Waals surface area contributed by atoms with Gasteiger partial charge in [0.05, 0.1) is 5.92 Å². The van der Waals surface area contributed by atoms with Crippen LogP contribution in [0.25, 0.3) is 11.4 Å². The van der Waals surface area contributed by atoms with Gasteiger partial charge in [0.25, 0.3) is 0 Å². The monoisotopic (exact) mass is 326 g/mol. The lowest BCUT2D eigenvalue weighted by Crippen LogP contribution is -2.48. The lowest BCUT2D eigenvalue weighted by atomic mass is 9.97. The van der Waals surface area contributed by atoms with E-state index in [-0.39, 0.29) is 11.8 Å². The predicted molar refractivity (Wildman–Crippen MR) is 88.0 cm³/mol. The molecule has 126 valence electrons. The Morgan fingerprint density at radius 1 is 1.29 bits per heavy atom. The van der Waals surface area contributed by atoms with Gasteiger partial charge in [0.15, 0.2) is 0 Å². The van der Waals surface area contributed by atoms with Crippen molar-refractivity contribution in [3.63, 3.8) is 0 Å². The molecule has 24 heavy (non-hydrogen) atoms. The van der Waals surface area contributed by atoms with Gasteiger partial charge in [0, 0.05) is 37.5 Å². The Labute approximate surface area is 141 Å². The SMILES string of the molecule is O=C(CCC1CCCC1)N1CC(c2nc(-c3cccnc3)no2)C1. The van der Waals surface area contributed by atoms with E-state index in [0.717, 1.165) is 17.9 Å². The summed E-state index contributed by atoms with van der Waals surface area (Å²) in [5, 5.41) is 4.02. The topological polar surface area (TPSA) is 72.1 Å². The van der Waals surface area contributed by atoms with Crippen molar-refractivity contribution in [3.8, 4) is 11.4 Å². The van der Waals surface area contributed by atoms with Crippen molar-refractivity contribution in [1.82, 2.24) is 20.0 Å². The summed E-state index contributed by atoms with van der Waals surface area (Å²) >= 11 is 0. The summed E-state index contributed by atoms with van der Waals surface area (Å²) in [6.07, 6.45) is 10.4. The smallest absolute Gasteiger partial charge is 0.233 e. The van der Waals surface area contributed by atoms with Crippen LogP contribution in [0.15, 0.2) is 29.0 Å². The van der Waals surface area contributed by atoms with E-state index in [1.54, 1.807) is 12.4 Å². The summed E-state index contributed by atoms with van der Waals surface area (Å²) in [4.78, 5) is 22.7. The highest BCUT2D eigenvalue weighted by molar-refractivity contribution is 5.77. The second-order valence-corrected chi connectivity index (χ2v) is 6.88. The third kappa shape index (κ3) is 3.18. The lowest BCUT2D eigenvalue weighted by molar-refractivity contribution is -0.136. The van der Waals surface area contributed by atoms with Crippen LogP contribution >= 0.6 is 0 Å². The molecule has 4 rings (SSSR count). The summed E-state index contributed by atoms with van der Waals surface area (Å²) in [6, 6.07) is 3.75. The minimum absolute atomic E-state index is 0.165. The van der Waals surface area contributed by atoms with Gasteiger partial charge in [-0.3, -0.25) is 9.78 Å². The van der Waals surface area contributed by atoms with Crippen LogP contribution in [0, 0.1) is 5.92 Å². The maximum Gasteiger partial charge on any atom is 0.233 e. The van der Waals surface area contributed by atoms with Crippen LogP contribution in [0.1, 0.15) is 50.3 Å². The summed E-state index contributed by atoms with van der Waals surface area (Å²) in [6.45, 7) is 1.39. The molecule has 1 saturated heterocycles. The highest BCUT2D eigenvalue weighted by atomic mass is 16.5. The minimum Gasteiger partial charge on any atom is -0.341 e. The zero-order chi connectivity index (χ0) is 16.4. The van der Waals surface area contributed by atoms with Crippen LogP contribution in [-0.4, -0.2) is 39.0 Å². The molecular formula is C18H22N4O2. The number of nitrogens with zero attached hydrogens (tertiary/aromatic N) is 4. The standard InChI is InChI=1S/C18H22N4O2/c23-16(8-7-13-4-1-2-5-13)22-11-15(12-22)18-20-17(21-24-18)14-6-3-9-19-10-14/h3,6,9-10,13,15H,1-2,4-5,7-8,11-12H2. The second-order valence-electron chi connectivity index (χ2n) is 6.88. The fraction of sp³-hybridized carbons (Fsp3) is 0.556. The molecule has 2 fully saturated rings. The van der Waals surface area contributed by atoms with Gasteiger partial charge in [-0.1, -0.05) is 30.8 Å². The quantitative estimate of drug-likeness (QED) is 0.844. The van der Waals surface area contributed by atoms with E-state index < -0.39 is 0 Å². The van der Waals surface area contributed by atoms with Gasteiger partial charge in [0.2, 0.25) is 17.6 Å². The van der Waals surface area contributed by atoms with Gasteiger partial charge < -0.3 is 9.42 Å². The molecule has 1 aliphatic carbocycles. The fourth-order valence-electron chi connectivity index (χ4n) is 3.64. The van der Waals surface area contributed by atoms with E-state index in [0.29, 0.717) is 31.2 Å². The molecule has 1 amide bonds. The molecule has 0 bridgehead atoms. The summed E-state index contributed by atoms with van der Waals surface area (Å²) < 4.78 is 5.37. The number of rotatable bonds is 5. The molecule has 6 nitrogen and oxygen atoms in total. The summed E-state index contributed by atoms with van der Waals surface area (Å²) in [7, 11) is 0.